The minimum absolute atomic E-state index is 1.06. The van der Waals surface area contributed by atoms with E-state index < -0.39 is 0 Å². The van der Waals surface area contributed by atoms with E-state index in [1.165, 1.54) is 59.4 Å². The third-order valence-corrected chi connectivity index (χ3v) is 7.29. The number of pyridine rings is 4. The summed E-state index contributed by atoms with van der Waals surface area (Å²) < 4.78 is 0. The van der Waals surface area contributed by atoms with Gasteiger partial charge in [0, 0.05) is 78.1 Å². The van der Waals surface area contributed by atoms with Crippen LogP contribution in [0.15, 0.2) is 238 Å². The monoisotopic (exact) mass is 793 g/mol. The number of para-hydroxylation sites is 2. The highest BCUT2D eigenvalue weighted by Gasteiger charge is 1.88. The first-order chi connectivity index (χ1) is 29.4. The molecule has 3 aromatic carbocycles. The predicted molar refractivity (Wildman–Crippen MR) is 233 cm³/mol. The molecule has 8 aromatic heterocycles. The minimum Gasteiger partial charge on any atom is -0.265 e. The zero-order valence-corrected chi connectivity index (χ0v) is 32.6. The first-order valence-corrected chi connectivity index (χ1v) is 18.7. The molecule has 0 saturated heterocycles. The van der Waals surface area contributed by atoms with Crippen molar-refractivity contribution in [3.05, 3.63) is 238 Å². The Balaban J connectivity index is 0.000000151. The van der Waals surface area contributed by atoms with Crippen LogP contribution in [-0.2, 0) is 0 Å². The number of thiazole rings is 1. The van der Waals surface area contributed by atoms with Crippen molar-refractivity contribution in [1.82, 2.24) is 65.0 Å². The van der Waals surface area contributed by atoms with E-state index in [-0.39, 0.29) is 0 Å². The Bertz CT molecular complexity index is 1960. The molecule has 0 aliphatic rings. The summed E-state index contributed by atoms with van der Waals surface area (Å²) in [4.78, 5) is 41.5. The third-order valence-electron chi connectivity index (χ3n) is 6.77. The van der Waals surface area contributed by atoms with Crippen LogP contribution in [0.2, 0.25) is 0 Å². The Morgan fingerprint density at radius 2 is 0.831 bits per heavy atom. The molecule has 0 unspecified atom stereocenters. The lowest BCUT2D eigenvalue weighted by Gasteiger charge is -1.91. The van der Waals surface area contributed by atoms with Crippen LogP contribution in [0.25, 0.3) is 32.6 Å². The maximum absolute atomic E-state index is 4.18. The maximum atomic E-state index is 4.18. The zero-order chi connectivity index (χ0) is 40.9. The molecule has 0 aliphatic carbocycles. The van der Waals surface area contributed by atoms with Gasteiger partial charge in [-0.3, -0.25) is 24.9 Å². The maximum Gasteiger partial charge on any atom is 0.138 e. The lowest BCUT2D eigenvalue weighted by molar-refractivity contribution is 0.969. The highest BCUT2D eigenvalue weighted by molar-refractivity contribution is 7.07. The summed E-state index contributed by atoms with van der Waals surface area (Å²) >= 11 is 1.60. The fraction of sp³-hybridized carbons (Fsp3) is 0. The van der Waals surface area contributed by atoms with Crippen molar-refractivity contribution in [2.45, 2.75) is 0 Å². The van der Waals surface area contributed by atoms with Gasteiger partial charge in [-0.15, -0.1) is 16.4 Å². The van der Waals surface area contributed by atoms with E-state index in [1.54, 1.807) is 60.1 Å². The van der Waals surface area contributed by atoms with Crippen molar-refractivity contribution in [2.75, 3.05) is 0 Å². The molecule has 0 spiro atoms. The normalized spacial score (nSPS) is 9.02. The van der Waals surface area contributed by atoms with E-state index in [1.807, 2.05) is 115 Å². The highest BCUT2D eigenvalue weighted by Crippen LogP contribution is 2.10. The van der Waals surface area contributed by atoms with Crippen LogP contribution in [0, 0.1) is 0 Å². The summed E-state index contributed by atoms with van der Waals surface area (Å²) in [7, 11) is 0. The van der Waals surface area contributed by atoms with Gasteiger partial charge in [0.15, 0.2) is 0 Å². The molecule has 0 bridgehead atoms. The van der Waals surface area contributed by atoms with Crippen molar-refractivity contribution in [3.8, 4) is 0 Å². The van der Waals surface area contributed by atoms with Crippen LogP contribution >= 0.6 is 11.3 Å². The molecule has 0 atom stereocenters. The van der Waals surface area contributed by atoms with E-state index in [9.17, 15) is 0 Å². The van der Waals surface area contributed by atoms with Crippen molar-refractivity contribution in [3.63, 3.8) is 0 Å². The largest absolute Gasteiger partial charge is 0.265 e. The molecule has 13 nitrogen and oxygen atoms in total. The second kappa shape index (κ2) is 30.0. The van der Waals surface area contributed by atoms with Gasteiger partial charge < -0.3 is 0 Å². The third kappa shape index (κ3) is 20.3. The smallest absolute Gasteiger partial charge is 0.138 e. The molecule has 11 aromatic rings. The molecule has 0 radical (unpaired) electrons. The van der Waals surface area contributed by atoms with Gasteiger partial charge in [-0.05, 0) is 59.3 Å². The molecule has 0 aliphatic heterocycles. The van der Waals surface area contributed by atoms with Gasteiger partial charge in [0.05, 0.1) is 22.7 Å². The molecule has 0 amide bonds. The summed E-state index contributed by atoms with van der Waals surface area (Å²) in [5, 5.41) is 13.7. The summed E-state index contributed by atoms with van der Waals surface area (Å²) in [5.74, 6) is 0. The van der Waals surface area contributed by atoms with E-state index in [0.717, 1.165) is 11.0 Å². The zero-order valence-electron chi connectivity index (χ0n) is 31.7. The van der Waals surface area contributed by atoms with Gasteiger partial charge in [-0.2, -0.15) is 5.10 Å². The predicted octanol–water partition coefficient (Wildman–Crippen LogP) is 9.15. The van der Waals surface area contributed by atoms with Crippen molar-refractivity contribution < 1.29 is 0 Å². The van der Waals surface area contributed by atoms with Gasteiger partial charge in [0.2, 0.25) is 0 Å². The van der Waals surface area contributed by atoms with Crippen LogP contribution in [0.3, 0.4) is 0 Å². The number of rotatable bonds is 0. The molecule has 0 N–H and O–H groups in total. The molecular formula is C45H39N13S. The van der Waals surface area contributed by atoms with Crippen LogP contribution in [0.5, 0.6) is 0 Å². The van der Waals surface area contributed by atoms with Crippen molar-refractivity contribution in [1.29, 1.82) is 0 Å². The van der Waals surface area contributed by atoms with Gasteiger partial charge >= 0.3 is 0 Å². The van der Waals surface area contributed by atoms with Gasteiger partial charge in [-0.1, -0.05) is 78.9 Å². The van der Waals surface area contributed by atoms with Crippen LogP contribution < -0.4 is 0 Å². The van der Waals surface area contributed by atoms with Gasteiger partial charge in [-0.25, -0.2) is 29.9 Å². The van der Waals surface area contributed by atoms with Gasteiger partial charge in [0.25, 0.3) is 0 Å². The molecule has 8 heterocycles. The Hall–Kier alpha value is -8.23. The van der Waals surface area contributed by atoms with E-state index in [0.29, 0.717) is 0 Å². The average Bonchev–Trinajstić information content (AvgIpc) is 3.96. The molecule has 290 valence electrons. The van der Waals surface area contributed by atoms with E-state index in [2.05, 4.69) is 101 Å². The SMILES string of the molecule is c1ccc2cnccc2c1.c1ccc2ncccc2c1.c1ccc2ncccc2c1.c1ccncc1.c1cncnc1.c1cnncn1.c1cscn1.c1ncncn1. The topological polar surface area (TPSA) is 168 Å². The number of hydrogen-bond donors (Lipinski definition) is 0. The quantitative estimate of drug-likeness (QED) is 0.143. The molecule has 0 fully saturated rings. The van der Waals surface area contributed by atoms with Crippen LogP contribution in [-0.4, -0.2) is 65.0 Å². The number of nitrogens with zero attached hydrogens (tertiary/aromatic N) is 13. The van der Waals surface area contributed by atoms with Crippen LogP contribution in [0.4, 0.5) is 0 Å². The molecule has 11 rings (SSSR count). The second-order valence-corrected chi connectivity index (χ2v) is 11.6. The Labute approximate surface area is 345 Å². The number of hydrogen-bond acceptors (Lipinski definition) is 14. The standard InChI is InChI=1S/3C9H7N.C5H5N.C4H4N2.2C3H3N3.C3H3NS/c2*1-2-6-9-8(4-1)5-3-7-10-9;1-2-4-9-7-10-6-5-8(9)3-1;1-2-4-6-5-3-1;1-2-5-4-6-3-1;1-4-2-6-3-5-1;1-2-5-6-3-4-1;1-2-5-3-4-1/h3*1-7H;1-5H;1-4H;2*1-3H;1-3H. The molecule has 14 heteroatoms. The summed E-state index contributed by atoms with van der Waals surface area (Å²) in [6, 6.07) is 41.9. The number of benzene rings is 3. The van der Waals surface area contributed by atoms with E-state index in [4.69, 9.17) is 0 Å². The average molecular weight is 794 g/mol. The summed E-state index contributed by atoms with van der Waals surface area (Å²) in [6.07, 6.45) is 26.2. The molecular weight excluding hydrogens is 755 g/mol. The molecule has 59 heavy (non-hydrogen) atoms. The van der Waals surface area contributed by atoms with Crippen LogP contribution in [0.1, 0.15) is 0 Å². The van der Waals surface area contributed by atoms with Gasteiger partial charge in [0.1, 0.15) is 31.6 Å². The summed E-state index contributed by atoms with van der Waals surface area (Å²) in [5.41, 5.74) is 3.91. The lowest BCUT2D eigenvalue weighted by Crippen LogP contribution is -1.75. The Kier molecular flexibility index (Phi) is 22.2. The minimum atomic E-state index is 1.06. The first kappa shape index (κ1) is 43.5. The summed E-state index contributed by atoms with van der Waals surface area (Å²) in [6.45, 7) is 0. The molecule has 0 saturated carbocycles. The van der Waals surface area contributed by atoms with E-state index >= 15 is 0 Å². The fourth-order valence-corrected chi connectivity index (χ4v) is 4.56. The van der Waals surface area contributed by atoms with Crippen molar-refractivity contribution in [2.24, 2.45) is 0 Å². The highest BCUT2D eigenvalue weighted by atomic mass is 32.1. The fourth-order valence-electron chi connectivity index (χ4n) is 4.21. The lowest BCUT2D eigenvalue weighted by atomic mass is 10.2. The second-order valence-electron chi connectivity index (χ2n) is 10.8. The first-order valence-electron chi connectivity index (χ1n) is 17.8. The Morgan fingerprint density at radius 1 is 0.288 bits per heavy atom. The van der Waals surface area contributed by atoms with Crippen molar-refractivity contribution >= 4 is 43.9 Å². The number of aromatic nitrogens is 13. The Morgan fingerprint density at radius 3 is 1.19 bits per heavy atom. The number of fused-ring (bicyclic) bond motifs is 3.